The Bertz CT molecular complexity index is 360. The van der Waals surface area contributed by atoms with Crippen molar-refractivity contribution in [3.8, 4) is 0 Å². The van der Waals surface area contributed by atoms with Crippen molar-refractivity contribution in [1.82, 2.24) is 4.90 Å². The van der Waals surface area contributed by atoms with Crippen molar-refractivity contribution in [3.63, 3.8) is 0 Å². The molecule has 0 amide bonds. The molecule has 5 heteroatoms. The number of carboxylic acid groups (broad SMARTS) is 1. The van der Waals surface area contributed by atoms with E-state index in [1.807, 2.05) is 20.8 Å². The van der Waals surface area contributed by atoms with Crippen molar-refractivity contribution >= 4 is 5.97 Å². The van der Waals surface area contributed by atoms with E-state index in [1.54, 1.807) is 4.90 Å². The van der Waals surface area contributed by atoms with Crippen LogP contribution in [0.4, 0.5) is 0 Å². The van der Waals surface area contributed by atoms with Gasteiger partial charge in [-0.05, 0) is 38.0 Å². The van der Waals surface area contributed by atoms with Crippen molar-refractivity contribution in [2.45, 2.75) is 52.7 Å². The van der Waals surface area contributed by atoms with Gasteiger partial charge in [0.2, 0.25) is 6.41 Å². The van der Waals surface area contributed by atoms with Crippen LogP contribution in [0, 0.1) is 17.3 Å². The van der Waals surface area contributed by atoms with Gasteiger partial charge in [0.1, 0.15) is 6.04 Å². The summed E-state index contributed by atoms with van der Waals surface area (Å²) >= 11 is 0. The molecule has 5 nitrogen and oxygen atoms in total. The first kappa shape index (κ1) is 13.8. The molecule has 2 rings (SSSR count). The summed E-state index contributed by atoms with van der Waals surface area (Å²) in [6.45, 7) is 10.3. The molecule has 0 spiro atoms. The highest BCUT2D eigenvalue weighted by atomic mass is 16.6. The lowest BCUT2D eigenvalue weighted by Crippen LogP contribution is -2.50. The normalized spacial score (nSPS) is 36.2. The average molecular weight is 257 g/mol. The van der Waals surface area contributed by atoms with Gasteiger partial charge in [0, 0.05) is 6.54 Å². The molecule has 0 aromatic heterocycles. The van der Waals surface area contributed by atoms with E-state index in [2.05, 4.69) is 13.8 Å². The van der Waals surface area contributed by atoms with Crippen molar-refractivity contribution in [3.05, 3.63) is 0 Å². The number of likely N-dealkylation sites (tertiary alicyclic amines) is 1. The molecule has 0 bridgehead atoms. The summed E-state index contributed by atoms with van der Waals surface area (Å²) in [5.41, 5.74) is -0.425. The molecular formula is C13H23NO4. The summed E-state index contributed by atoms with van der Waals surface area (Å²) in [4.78, 5) is 13.0. The van der Waals surface area contributed by atoms with E-state index >= 15 is 0 Å². The SMILES string of the molecule is CC(C)(C)OC(O)N1C[C@H]2C(C1C(=O)O)C2(C)C. The largest absolute Gasteiger partial charge is 0.480 e. The number of nitrogens with zero attached hydrogens (tertiary/aromatic N) is 1. The Hall–Kier alpha value is -0.650. The van der Waals surface area contributed by atoms with Gasteiger partial charge in [-0.15, -0.1) is 0 Å². The third kappa shape index (κ3) is 2.15. The molecule has 2 aliphatic rings. The molecule has 104 valence electrons. The maximum Gasteiger partial charge on any atom is 0.321 e. The van der Waals surface area contributed by atoms with Crippen molar-refractivity contribution < 1.29 is 19.7 Å². The minimum absolute atomic E-state index is 0.0704. The summed E-state index contributed by atoms with van der Waals surface area (Å²) < 4.78 is 5.46. The van der Waals surface area contributed by atoms with Crippen LogP contribution in [0.2, 0.25) is 0 Å². The average Bonchev–Trinajstić information content (AvgIpc) is 2.59. The van der Waals surface area contributed by atoms with Gasteiger partial charge >= 0.3 is 5.97 Å². The second-order valence-electron chi connectivity index (χ2n) is 6.99. The molecule has 0 aromatic rings. The molecule has 1 aliphatic carbocycles. The molecule has 2 N–H and O–H groups in total. The molecule has 0 radical (unpaired) electrons. The first-order valence-corrected chi connectivity index (χ1v) is 6.40. The summed E-state index contributed by atoms with van der Waals surface area (Å²) in [5.74, 6) is -0.408. The first-order valence-electron chi connectivity index (χ1n) is 6.40. The Morgan fingerprint density at radius 1 is 1.44 bits per heavy atom. The van der Waals surface area contributed by atoms with Gasteiger partial charge in [-0.1, -0.05) is 13.8 Å². The number of piperidine rings is 1. The number of hydrogen-bond donors (Lipinski definition) is 2. The molecule has 0 aromatic carbocycles. The summed E-state index contributed by atoms with van der Waals surface area (Å²) in [5, 5.41) is 19.4. The fourth-order valence-corrected chi connectivity index (χ4v) is 3.22. The standard InChI is InChI=1S/C13H23NO4/c1-12(2,3)18-11(17)14-6-7-8(13(7,4)5)9(14)10(15)16/h7-9,11,17H,6H2,1-5H3,(H,15,16)/t7-,8?,9?,11?/m0/s1. The topological polar surface area (TPSA) is 70.0 Å². The summed E-state index contributed by atoms with van der Waals surface area (Å²) in [6, 6.07) is -0.637. The number of aliphatic hydroxyl groups is 1. The van der Waals surface area contributed by atoms with Crippen molar-refractivity contribution in [1.29, 1.82) is 0 Å². The third-order valence-electron chi connectivity index (χ3n) is 4.24. The Morgan fingerprint density at radius 3 is 2.44 bits per heavy atom. The number of fused-ring (bicyclic) bond motifs is 1. The molecule has 3 unspecified atom stereocenters. The Morgan fingerprint density at radius 2 is 2.00 bits per heavy atom. The van der Waals surface area contributed by atoms with Gasteiger partial charge in [0.25, 0.3) is 0 Å². The van der Waals surface area contributed by atoms with E-state index in [0.717, 1.165) is 0 Å². The predicted octanol–water partition coefficient (Wildman–Crippen LogP) is 1.12. The quantitative estimate of drug-likeness (QED) is 0.741. The molecule has 1 saturated carbocycles. The Labute approximate surface area is 108 Å². The lowest BCUT2D eigenvalue weighted by molar-refractivity contribution is -0.247. The minimum Gasteiger partial charge on any atom is -0.480 e. The highest BCUT2D eigenvalue weighted by Gasteiger charge is 2.69. The third-order valence-corrected chi connectivity index (χ3v) is 4.24. The molecule has 1 saturated heterocycles. The zero-order valence-electron chi connectivity index (χ0n) is 11.7. The van der Waals surface area contributed by atoms with Gasteiger partial charge in [0.15, 0.2) is 0 Å². The smallest absolute Gasteiger partial charge is 0.321 e. The number of ether oxygens (including phenoxy) is 1. The minimum atomic E-state index is -1.14. The molecular weight excluding hydrogens is 234 g/mol. The van der Waals surface area contributed by atoms with Crippen LogP contribution in [0.1, 0.15) is 34.6 Å². The Kier molecular flexibility index (Phi) is 3.00. The van der Waals surface area contributed by atoms with Crippen molar-refractivity contribution in [2.75, 3.05) is 6.54 Å². The fourth-order valence-electron chi connectivity index (χ4n) is 3.22. The highest BCUT2D eigenvalue weighted by molar-refractivity contribution is 5.75. The lowest BCUT2D eigenvalue weighted by Gasteiger charge is -2.35. The van der Waals surface area contributed by atoms with E-state index in [-0.39, 0.29) is 11.3 Å². The summed E-state index contributed by atoms with van der Waals surface area (Å²) in [7, 11) is 0. The zero-order chi connectivity index (χ0) is 13.9. The highest BCUT2D eigenvalue weighted by Crippen LogP contribution is 2.65. The van der Waals surface area contributed by atoms with Crippen LogP contribution in [0.3, 0.4) is 0 Å². The second-order valence-corrected chi connectivity index (χ2v) is 6.99. The predicted molar refractivity (Wildman–Crippen MR) is 65.7 cm³/mol. The number of carbonyl (C=O) groups is 1. The molecule has 2 fully saturated rings. The van der Waals surface area contributed by atoms with Gasteiger partial charge in [-0.2, -0.15) is 0 Å². The van der Waals surface area contributed by atoms with Crippen LogP contribution < -0.4 is 0 Å². The maximum atomic E-state index is 11.4. The van der Waals surface area contributed by atoms with Crippen LogP contribution in [-0.2, 0) is 9.53 Å². The number of aliphatic carboxylic acids is 1. The fraction of sp³-hybridized carbons (Fsp3) is 0.923. The molecule has 1 aliphatic heterocycles. The van der Waals surface area contributed by atoms with Crippen LogP contribution in [-0.4, -0.2) is 45.7 Å². The zero-order valence-corrected chi connectivity index (χ0v) is 11.7. The molecule has 4 atom stereocenters. The van der Waals surface area contributed by atoms with E-state index < -0.39 is 24.0 Å². The molecule has 1 heterocycles. The number of aliphatic hydroxyl groups excluding tert-OH is 1. The molecule has 18 heavy (non-hydrogen) atoms. The Balaban J connectivity index is 2.09. The van der Waals surface area contributed by atoms with Crippen LogP contribution in [0.15, 0.2) is 0 Å². The van der Waals surface area contributed by atoms with Crippen LogP contribution >= 0.6 is 0 Å². The summed E-state index contributed by atoms with van der Waals surface area (Å²) in [6.07, 6.45) is -1.14. The first-order chi connectivity index (χ1) is 8.05. The van der Waals surface area contributed by atoms with Crippen LogP contribution in [0.25, 0.3) is 0 Å². The van der Waals surface area contributed by atoms with Gasteiger partial charge < -0.3 is 14.9 Å². The van der Waals surface area contributed by atoms with Crippen molar-refractivity contribution in [2.24, 2.45) is 17.3 Å². The van der Waals surface area contributed by atoms with E-state index in [4.69, 9.17) is 4.74 Å². The van der Waals surface area contributed by atoms with Gasteiger partial charge in [0.05, 0.1) is 5.60 Å². The van der Waals surface area contributed by atoms with Crippen LogP contribution in [0.5, 0.6) is 0 Å². The van der Waals surface area contributed by atoms with Gasteiger partial charge in [-0.25, -0.2) is 4.90 Å². The van der Waals surface area contributed by atoms with Gasteiger partial charge in [-0.3, -0.25) is 4.79 Å². The van der Waals surface area contributed by atoms with E-state index in [0.29, 0.717) is 12.5 Å². The number of rotatable bonds is 3. The van der Waals surface area contributed by atoms with E-state index in [1.165, 1.54) is 0 Å². The van der Waals surface area contributed by atoms with E-state index in [9.17, 15) is 15.0 Å². The lowest BCUT2D eigenvalue weighted by atomic mass is 10.0. The number of carboxylic acids is 1. The maximum absolute atomic E-state index is 11.4. The second kappa shape index (κ2) is 3.92. The monoisotopic (exact) mass is 257 g/mol. The number of hydrogen-bond acceptors (Lipinski definition) is 4.